The molecule has 1 heterocycles. The van der Waals surface area contributed by atoms with Crippen LogP contribution in [-0.2, 0) is 14.4 Å². The Morgan fingerprint density at radius 2 is 1.67 bits per heavy atom. The van der Waals surface area contributed by atoms with Gasteiger partial charge in [-0.15, -0.1) is 0 Å². The van der Waals surface area contributed by atoms with Gasteiger partial charge in [-0.25, -0.2) is 4.79 Å². The highest BCUT2D eigenvalue weighted by atomic mass is 16.7. The molecule has 2 amide bonds. The van der Waals surface area contributed by atoms with Crippen LogP contribution >= 0.6 is 0 Å². The van der Waals surface area contributed by atoms with E-state index in [0.29, 0.717) is 5.06 Å². The Bertz CT molecular complexity index is 528. The fraction of sp³-hybridized carbons (Fsp3) is 0.0833. The van der Waals surface area contributed by atoms with Crippen molar-refractivity contribution in [2.45, 2.75) is 0 Å². The van der Waals surface area contributed by atoms with E-state index in [2.05, 4.69) is 11.3 Å². The first-order chi connectivity index (χ1) is 8.56. The monoisotopic (exact) mass is 247 g/mol. The standard InChI is InChI=1S/C12H9NO5/c1-7(12(16)17-2)18-13-10(14)8-5-3-4-6-9(8)11(13)15/h3-6H,1H2,2H3. The van der Waals surface area contributed by atoms with E-state index in [4.69, 9.17) is 4.84 Å². The Hall–Kier alpha value is -2.63. The van der Waals surface area contributed by atoms with E-state index >= 15 is 0 Å². The van der Waals surface area contributed by atoms with Crippen LogP contribution in [0.15, 0.2) is 36.6 Å². The van der Waals surface area contributed by atoms with Crippen molar-refractivity contribution in [2.24, 2.45) is 0 Å². The molecule has 0 spiro atoms. The molecule has 0 unspecified atom stereocenters. The number of imide groups is 1. The topological polar surface area (TPSA) is 72.9 Å². The average molecular weight is 247 g/mol. The molecule has 1 aliphatic rings. The molecule has 2 rings (SSSR count). The number of benzene rings is 1. The number of fused-ring (bicyclic) bond motifs is 1. The summed E-state index contributed by atoms with van der Waals surface area (Å²) < 4.78 is 4.36. The molecule has 0 radical (unpaired) electrons. The molecule has 0 atom stereocenters. The van der Waals surface area contributed by atoms with Crippen LogP contribution in [0.2, 0.25) is 0 Å². The first-order valence-electron chi connectivity index (χ1n) is 4.99. The second-order valence-electron chi connectivity index (χ2n) is 3.46. The van der Waals surface area contributed by atoms with Gasteiger partial charge in [-0.3, -0.25) is 9.59 Å². The lowest BCUT2D eigenvalue weighted by molar-refractivity contribution is -0.146. The van der Waals surface area contributed by atoms with Gasteiger partial charge in [0.05, 0.1) is 18.2 Å². The van der Waals surface area contributed by atoms with Gasteiger partial charge in [0.25, 0.3) is 11.8 Å². The van der Waals surface area contributed by atoms with Crippen LogP contribution in [0.5, 0.6) is 0 Å². The summed E-state index contributed by atoms with van der Waals surface area (Å²) in [6, 6.07) is 6.25. The third-order valence-corrected chi connectivity index (χ3v) is 2.37. The molecule has 1 aliphatic heterocycles. The van der Waals surface area contributed by atoms with Crippen molar-refractivity contribution >= 4 is 17.8 Å². The van der Waals surface area contributed by atoms with E-state index in [1.807, 2.05) is 0 Å². The summed E-state index contributed by atoms with van der Waals surface area (Å²) in [7, 11) is 1.14. The number of esters is 1. The van der Waals surface area contributed by atoms with Crippen LogP contribution in [-0.4, -0.2) is 30.0 Å². The molecule has 6 heteroatoms. The van der Waals surface area contributed by atoms with Crippen molar-refractivity contribution in [3.63, 3.8) is 0 Å². The number of rotatable bonds is 3. The SMILES string of the molecule is C=C(ON1C(=O)c2ccccc2C1=O)C(=O)OC. The summed E-state index contributed by atoms with van der Waals surface area (Å²) in [5, 5.41) is 0.490. The summed E-state index contributed by atoms with van der Waals surface area (Å²) in [6.07, 6.45) is 0. The van der Waals surface area contributed by atoms with E-state index in [0.717, 1.165) is 7.11 Å². The third-order valence-electron chi connectivity index (χ3n) is 2.37. The highest BCUT2D eigenvalue weighted by Crippen LogP contribution is 2.23. The van der Waals surface area contributed by atoms with Crippen LogP contribution in [0.25, 0.3) is 0 Å². The van der Waals surface area contributed by atoms with E-state index in [1.54, 1.807) is 12.1 Å². The second kappa shape index (κ2) is 4.33. The highest BCUT2D eigenvalue weighted by molar-refractivity contribution is 6.20. The number of methoxy groups -OCH3 is 1. The van der Waals surface area contributed by atoms with Crippen molar-refractivity contribution in [1.29, 1.82) is 0 Å². The Morgan fingerprint density at radius 1 is 1.17 bits per heavy atom. The van der Waals surface area contributed by atoms with Crippen molar-refractivity contribution in [1.82, 2.24) is 5.06 Å². The first-order valence-corrected chi connectivity index (χ1v) is 4.99. The lowest BCUT2D eigenvalue weighted by Gasteiger charge is -2.14. The number of carbonyl (C=O) groups excluding carboxylic acids is 3. The molecule has 0 saturated carbocycles. The fourth-order valence-electron chi connectivity index (χ4n) is 1.51. The van der Waals surface area contributed by atoms with Crippen molar-refractivity contribution in [3.8, 4) is 0 Å². The number of hydrogen-bond donors (Lipinski definition) is 0. The lowest BCUT2D eigenvalue weighted by atomic mass is 10.1. The third kappa shape index (κ3) is 1.73. The number of carbonyl (C=O) groups is 3. The van der Waals surface area contributed by atoms with Gasteiger partial charge < -0.3 is 9.57 Å². The zero-order valence-corrected chi connectivity index (χ0v) is 9.50. The van der Waals surface area contributed by atoms with Crippen molar-refractivity contribution < 1.29 is 24.0 Å². The summed E-state index contributed by atoms with van der Waals surface area (Å²) in [6.45, 7) is 3.28. The molecule has 92 valence electrons. The second-order valence-corrected chi connectivity index (χ2v) is 3.46. The van der Waals surface area contributed by atoms with E-state index in [-0.39, 0.29) is 11.1 Å². The van der Waals surface area contributed by atoms with Gasteiger partial charge in [-0.2, -0.15) is 0 Å². The summed E-state index contributed by atoms with van der Waals surface area (Å²) in [5.41, 5.74) is 0.445. The van der Waals surface area contributed by atoms with Crippen LogP contribution in [0.1, 0.15) is 20.7 Å². The van der Waals surface area contributed by atoms with E-state index in [9.17, 15) is 14.4 Å². The van der Waals surface area contributed by atoms with E-state index in [1.165, 1.54) is 12.1 Å². The normalized spacial score (nSPS) is 13.3. The number of hydrogen-bond acceptors (Lipinski definition) is 5. The molecule has 1 aromatic rings. The zero-order chi connectivity index (χ0) is 13.3. The van der Waals surface area contributed by atoms with Gasteiger partial charge in [0, 0.05) is 0 Å². The molecule has 0 bridgehead atoms. The molecular formula is C12H9NO5. The number of amides is 2. The fourth-order valence-corrected chi connectivity index (χ4v) is 1.51. The van der Waals surface area contributed by atoms with Gasteiger partial charge >= 0.3 is 5.97 Å². The van der Waals surface area contributed by atoms with Crippen molar-refractivity contribution in [2.75, 3.05) is 7.11 Å². The Kier molecular flexibility index (Phi) is 2.85. The minimum Gasteiger partial charge on any atom is -0.463 e. The van der Waals surface area contributed by atoms with Crippen molar-refractivity contribution in [3.05, 3.63) is 47.7 Å². The maximum Gasteiger partial charge on any atom is 0.376 e. The minimum absolute atomic E-state index is 0.222. The van der Waals surface area contributed by atoms with Gasteiger partial charge in [-0.05, 0) is 18.7 Å². The largest absolute Gasteiger partial charge is 0.463 e. The van der Waals surface area contributed by atoms with Crippen LogP contribution in [0.4, 0.5) is 0 Å². The number of ether oxygens (including phenoxy) is 1. The first kappa shape index (κ1) is 11.8. The van der Waals surface area contributed by atoms with Gasteiger partial charge in [0.2, 0.25) is 5.76 Å². The molecule has 0 saturated heterocycles. The molecule has 6 nitrogen and oxygen atoms in total. The maximum absolute atomic E-state index is 11.8. The smallest absolute Gasteiger partial charge is 0.376 e. The van der Waals surface area contributed by atoms with Crippen LogP contribution in [0, 0.1) is 0 Å². The summed E-state index contributed by atoms with van der Waals surface area (Å²) in [4.78, 5) is 39.6. The lowest BCUT2D eigenvalue weighted by Crippen LogP contribution is -2.31. The predicted molar refractivity (Wildman–Crippen MR) is 59.2 cm³/mol. The molecule has 0 N–H and O–H groups in total. The molecule has 0 aliphatic carbocycles. The Labute approximate surface area is 102 Å². The van der Waals surface area contributed by atoms with Crippen LogP contribution in [0.3, 0.4) is 0 Å². The Morgan fingerprint density at radius 3 is 2.11 bits per heavy atom. The molecular weight excluding hydrogens is 238 g/mol. The van der Waals surface area contributed by atoms with E-state index < -0.39 is 23.5 Å². The maximum atomic E-state index is 11.8. The summed E-state index contributed by atoms with van der Waals surface area (Å²) in [5.74, 6) is -2.57. The van der Waals surface area contributed by atoms with Gasteiger partial charge in [0.15, 0.2) is 0 Å². The zero-order valence-electron chi connectivity index (χ0n) is 9.50. The molecule has 1 aromatic carbocycles. The summed E-state index contributed by atoms with van der Waals surface area (Å²) >= 11 is 0. The average Bonchev–Trinajstić information content (AvgIpc) is 2.63. The molecule has 0 fully saturated rings. The molecule has 0 aromatic heterocycles. The van der Waals surface area contributed by atoms with Crippen LogP contribution < -0.4 is 0 Å². The molecule has 18 heavy (non-hydrogen) atoms. The minimum atomic E-state index is -0.855. The highest BCUT2D eigenvalue weighted by Gasteiger charge is 2.38. The number of hydroxylamine groups is 2. The predicted octanol–water partition coefficient (Wildman–Crippen LogP) is 0.901. The quantitative estimate of drug-likeness (QED) is 0.343. The van der Waals surface area contributed by atoms with Gasteiger partial charge in [0.1, 0.15) is 0 Å². The number of nitrogens with zero attached hydrogens (tertiary/aromatic N) is 1. The van der Waals surface area contributed by atoms with Gasteiger partial charge in [-0.1, -0.05) is 17.2 Å². The Balaban J connectivity index is 2.24.